The fraction of sp³-hybridized carbons (Fsp3) is 0.565. The minimum absolute atomic E-state index is 0.0602. The van der Waals surface area contributed by atoms with Crippen LogP contribution in [0, 0.1) is 11.8 Å². The molecule has 30 heavy (non-hydrogen) atoms. The van der Waals surface area contributed by atoms with Crippen LogP contribution in [0.15, 0.2) is 36.4 Å². The Balaban J connectivity index is 1.85. The standard InChI is InChI=1S/C23H32O6S/c1-29-15-17-5-2-4-16(12-17)13-18(24)7-8-19-20(22(26)14-21(19)25)9-11-30-10-3-6-23(27)28/h2,4-5,7-8,12,18-21,24-25H,3,6,9-11,13-15H2,1H3,(H,27,28)/b8-7+/t18?,19-,20-,21+/m1/s1. The smallest absolute Gasteiger partial charge is 0.303 e. The summed E-state index contributed by atoms with van der Waals surface area (Å²) in [4.78, 5) is 22.8. The van der Waals surface area contributed by atoms with Gasteiger partial charge in [0.05, 0.1) is 18.8 Å². The highest BCUT2D eigenvalue weighted by Gasteiger charge is 2.39. The number of thioether (sulfide) groups is 1. The lowest BCUT2D eigenvalue weighted by Gasteiger charge is -2.18. The molecule has 0 radical (unpaired) electrons. The monoisotopic (exact) mass is 436 g/mol. The maximum atomic E-state index is 12.3. The van der Waals surface area contributed by atoms with Gasteiger partial charge in [-0.2, -0.15) is 11.8 Å². The summed E-state index contributed by atoms with van der Waals surface area (Å²) in [6, 6.07) is 7.86. The molecule has 166 valence electrons. The highest BCUT2D eigenvalue weighted by molar-refractivity contribution is 7.99. The Kier molecular flexibility index (Phi) is 10.6. The number of aliphatic carboxylic acids is 1. The number of carboxylic acids is 1. The average molecular weight is 437 g/mol. The molecule has 0 aliphatic heterocycles. The fourth-order valence-corrected chi connectivity index (χ4v) is 4.78. The number of rotatable bonds is 13. The molecule has 6 nitrogen and oxygen atoms in total. The van der Waals surface area contributed by atoms with Gasteiger partial charge in [-0.3, -0.25) is 9.59 Å². The Morgan fingerprint density at radius 3 is 2.83 bits per heavy atom. The van der Waals surface area contributed by atoms with Crippen molar-refractivity contribution in [2.45, 2.75) is 50.9 Å². The number of carbonyl (C=O) groups excluding carboxylic acids is 1. The molecule has 2 rings (SSSR count). The van der Waals surface area contributed by atoms with Crippen molar-refractivity contribution in [3.05, 3.63) is 47.5 Å². The third kappa shape index (κ3) is 8.22. The van der Waals surface area contributed by atoms with Gasteiger partial charge in [0.1, 0.15) is 5.78 Å². The second-order valence-electron chi connectivity index (χ2n) is 7.73. The maximum Gasteiger partial charge on any atom is 0.303 e. The summed E-state index contributed by atoms with van der Waals surface area (Å²) in [7, 11) is 1.64. The zero-order valence-corrected chi connectivity index (χ0v) is 18.2. The number of carbonyl (C=O) groups is 2. The number of ether oxygens (including phenoxy) is 1. The van der Waals surface area contributed by atoms with Crippen molar-refractivity contribution in [2.24, 2.45) is 11.8 Å². The SMILES string of the molecule is COCc1cccc(CC(O)/C=C/[C@H]2[C@@H](O)CC(=O)[C@@H]2CCSCCCC(=O)O)c1. The van der Waals surface area contributed by atoms with Crippen LogP contribution in [-0.2, 0) is 27.4 Å². The third-order valence-electron chi connectivity index (χ3n) is 5.29. The number of aliphatic hydroxyl groups excluding tert-OH is 2. The lowest BCUT2D eigenvalue weighted by molar-refractivity contribution is -0.137. The number of aliphatic hydroxyl groups is 2. The van der Waals surface area contributed by atoms with Crippen LogP contribution < -0.4 is 0 Å². The van der Waals surface area contributed by atoms with Crippen LogP contribution in [0.1, 0.15) is 36.8 Å². The van der Waals surface area contributed by atoms with Crippen molar-refractivity contribution >= 4 is 23.5 Å². The topological polar surface area (TPSA) is 104 Å². The van der Waals surface area contributed by atoms with Crippen molar-refractivity contribution in [1.82, 2.24) is 0 Å². The van der Waals surface area contributed by atoms with E-state index in [9.17, 15) is 19.8 Å². The molecule has 1 saturated carbocycles. The number of carboxylic acid groups (broad SMARTS) is 1. The molecule has 0 aromatic heterocycles. The van der Waals surface area contributed by atoms with E-state index in [1.807, 2.05) is 24.3 Å². The van der Waals surface area contributed by atoms with E-state index in [2.05, 4.69) is 0 Å². The number of ketones is 1. The van der Waals surface area contributed by atoms with E-state index in [-0.39, 0.29) is 30.5 Å². The van der Waals surface area contributed by atoms with E-state index < -0.39 is 18.2 Å². The van der Waals surface area contributed by atoms with Gasteiger partial charge in [0.2, 0.25) is 0 Å². The zero-order valence-electron chi connectivity index (χ0n) is 17.4. The molecule has 0 heterocycles. The molecule has 7 heteroatoms. The number of methoxy groups -OCH3 is 1. The molecule has 1 aromatic rings. The summed E-state index contributed by atoms with van der Waals surface area (Å²) in [5.74, 6) is 0.231. The van der Waals surface area contributed by atoms with E-state index in [1.54, 1.807) is 31.0 Å². The van der Waals surface area contributed by atoms with Crippen LogP contribution in [0.4, 0.5) is 0 Å². The normalized spacial score (nSPS) is 22.6. The third-order valence-corrected chi connectivity index (χ3v) is 6.39. The van der Waals surface area contributed by atoms with E-state index >= 15 is 0 Å². The molecule has 1 fully saturated rings. The largest absolute Gasteiger partial charge is 0.481 e. The van der Waals surface area contributed by atoms with Crippen molar-refractivity contribution in [3.8, 4) is 0 Å². The van der Waals surface area contributed by atoms with E-state index in [0.29, 0.717) is 25.9 Å². The Hall–Kier alpha value is -1.67. The maximum absolute atomic E-state index is 12.3. The van der Waals surface area contributed by atoms with E-state index in [0.717, 1.165) is 22.6 Å². The van der Waals surface area contributed by atoms with Crippen LogP contribution in [0.2, 0.25) is 0 Å². The lowest BCUT2D eigenvalue weighted by Crippen LogP contribution is -2.20. The first-order chi connectivity index (χ1) is 14.4. The predicted octanol–water partition coefficient (Wildman–Crippen LogP) is 2.85. The molecular weight excluding hydrogens is 404 g/mol. The molecule has 0 bridgehead atoms. The summed E-state index contributed by atoms with van der Waals surface area (Å²) < 4.78 is 5.14. The minimum Gasteiger partial charge on any atom is -0.481 e. The number of hydrogen-bond acceptors (Lipinski definition) is 6. The summed E-state index contributed by atoms with van der Waals surface area (Å²) >= 11 is 1.64. The highest BCUT2D eigenvalue weighted by Crippen LogP contribution is 2.34. The lowest BCUT2D eigenvalue weighted by atomic mass is 9.91. The molecular formula is C23H32O6S. The summed E-state index contributed by atoms with van der Waals surface area (Å²) in [5, 5.41) is 29.4. The van der Waals surface area contributed by atoms with Crippen LogP contribution in [-0.4, -0.2) is 57.9 Å². The molecule has 1 aliphatic carbocycles. The highest BCUT2D eigenvalue weighted by atomic mass is 32.2. The Bertz CT molecular complexity index is 719. The van der Waals surface area contributed by atoms with Crippen molar-refractivity contribution in [2.75, 3.05) is 18.6 Å². The zero-order chi connectivity index (χ0) is 21.9. The van der Waals surface area contributed by atoms with Gasteiger partial charge in [-0.05, 0) is 35.5 Å². The molecule has 0 amide bonds. The van der Waals surface area contributed by atoms with Crippen molar-refractivity contribution in [1.29, 1.82) is 0 Å². The minimum atomic E-state index is -0.793. The quantitative estimate of drug-likeness (QED) is 0.323. The average Bonchev–Trinajstić information content (AvgIpc) is 2.95. The number of benzene rings is 1. The van der Waals surface area contributed by atoms with Gasteiger partial charge >= 0.3 is 5.97 Å². The Labute approximate surface area is 182 Å². The summed E-state index contributed by atoms with van der Waals surface area (Å²) in [6.07, 6.45) is 4.09. The summed E-state index contributed by atoms with van der Waals surface area (Å²) in [6.45, 7) is 0.520. The van der Waals surface area contributed by atoms with E-state index in [4.69, 9.17) is 9.84 Å². The molecule has 0 saturated heterocycles. The van der Waals surface area contributed by atoms with Crippen LogP contribution >= 0.6 is 11.8 Å². The second kappa shape index (κ2) is 12.9. The summed E-state index contributed by atoms with van der Waals surface area (Å²) in [5.41, 5.74) is 2.04. The van der Waals surface area contributed by atoms with Crippen molar-refractivity contribution in [3.63, 3.8) is 0 Å². The van der Waals surface area contributed by atoms with Gasteiger partial charge < -0.3 is 20.1 Å². The molecule has 3 N–H and O–H groups in total. The molecule has 1 aromatic carbocycles. The number of Topliss-reactive ketones (excluding diaryl/α,β-unsaturated/α-hetero) is 1. The second-order valence-corrected chi connectivity index (χ2v) is 8.95. The first-order valence-corrected chi connectivity index (χ1v) is 11.5. The van der Waals surface area contributed by atoms with Crippen LogP contribution in [0.5, 0.6) is 0 Å². The van der Waals surface area contributed by atoms with Gasteiger partial charge in [-0.1, -0.05) is 36.4 Å². The number of hydrogen-bond donors (Lipinski definition) is 3. The van der Waals surface area contributed by atoms with Gasteiger partial charge in [0, 0.05) is 38.2 Å². The van der Waals surface area contributed by atoms with E-state index in [1.165, 1.54) is 0 Å². The predicted molar refractivity (Wildman–Crippen MR) is 117 cm³/mol. The van der Waals surface area contributed by atoms with Gasteiger partial charge in [0.25, 0.3) is 0 Å². The first-order valence-electron chi connectivity index (χ1n) is 10.3. The van der Waals surface area contributed by atoms with Gasteiger partial charge in [-0.15, -0.1) is 0 Å². The van der Waals surface area contributed by atoms with Crippen molar-refractivity contribution < 1.29 is 29.6 Å². The van der Waals surface area contributed by atoms with Crippen LogP contribution in [0.25, 0.3) is 0 Å². The fourth-order valence-electron chi connectivity index (χ4n) is 3.81. The Morgan fingerprint density at radius 1 is 1.33 bits per heavy atom. The molecule has 0 spiro atoms. The van der Waals surface area contributed by atoms with Gasteiger partial charge in [0.15, 0.2) is 0 Å². The molecule has 4 atom stereocenters. The molecule has 1 unspecified atom stereocenters. The van der Waals surface area contributed by atoms with Gasteiger partial charge in [-0.25, -0.2) is 0 Å². The first kappa shape index (κ1) is 24.6. The molecule has 1 aliphatic rings. The Morgan fingerprint density at radius 2 is 2.10 bits per heavy atom. The van der Waals surface area contributed by atoms with Crippen LogP contribution in [0.3, 0.4) is 0 Å².